The van der Waals surface area contributed by atoms with Gasteiger partial charge in [0.25, 0.3) is 0 Å². The van der Waals surface area contributed by atoms with Crippen LogP contribution in [0.2, 0.25) is 0 Å². The number of anilines is 1. The quantitative estimate of drug-likeness (QED) is 0.862. The van der Waals surface area contributed by atoms with Gasteiger partial charge in [-0.25, -0.2) is 4.39 Å². The number of benzene rings is 1. The molecule has 0 amide bonds. The summed E-state index contributed by atoms with van der Waals surface area (Å²) in [6.07, 6.45) is 3.59. The molecule has 0 aliphatic carbocycles. The van der Waals surface area contributed by atoms with Gasteiger partial charge in [-0.1, -0.05) is 13.8 Å². The maximum Gasteiger partial charge on any atom is 0.125 e. The highest BCUT2D eigenvalue weighted by molar-refractivity contribution is 5.51. The lowest BCUT2D eigenvalue weighted by Gasteiger charge is -2.26. The number of halogens is 1. The van der Waals surface area contributed by atoms with Crippen molar-refractivity contribution in [2.45, 2.75) is 45.7 Å². The fourth-order valence-corrected chi connectivity index (χ4v) is 2.77. The third-order valence-electron chi connectivity index (χ3n) is 3.70. The summed E-state index contributed by atoms with van der Waals surface area (Å²) in [4.78, 5) is 2.36. The first-order chi connectivity index (χ1) is 8.74. The Bertz CT molecular complexity index is 392. The van der Waals surface area contributed by atoms with Crippen molar-refractivity contribution in [3.05, 3.63) is 29.6 Å². The molecule has 1 aromatic rings. The smallest absolute Gasteiger partial charge is 0.125 e. The SMILES string of the molecule is CCNCc1cc(F)cc(N2CCCC2CC)c1. The molecule has 1 saturated heterocycles. The van der Waals surface area contributed by atoms with Crippen molar-refractivity contribution in [1.29, 1.82) is 0 Å². The fraction of sp³-hybridized carbons (Fsp3) is 0.600. The van der Waals surface area contributed by atoms with E-state index in [9.17, 15) is 4.39 Å². The lowest BCUT2D eigenvalue weighted by atomic mass is 10.1. The lowest BCUT2D eigenvalue weighted by Crippen LogP contribution is -2.28. The van der Waals surface area contributed by atoms with Gasteiger partial charge in [0, 0.05) is 24.8 Å². The maximum atomic E-state index is 13.7. The monoisotopic (exact) mass is 250 g/mol. The van der Waals surface area contributed by atoms with Crippen LogP contribution in [0.3, 0.4) is 0 Å². The van der Waals surface area contributed by atoms with Crippen LogP contribution in [-0.2, 0) is 6.54 Å². The van der Waals surface area contributed by atoms with E-state index in [0.29, 0.717) is 6.04 Å². The molecule has 0 saturated carbocycles. The standard InChI is InChI=1S/C15H23FN2/c1-3-14-6-5-7-18(14)15-9-12(11-17-4-2)8-13(16)10-15/h8-10,14,17H,3-7,11H2,1-2H3. The van der Waals surface area contributed by atoms with Crippen LogP contribution in [0.25, 0.3) is 0 Å². The molecule has 1 fully saturated rings. The highest BCUT2D eigenvalue weighted by Gasteiger charge is 2.23. The van der Waals surface area contributed by atoms with Gasteiger partial charge in [-0.15, -0.1) is 0 Å². The van der Waals surface area contributed by atoms with Gasteiger partial charge in [0.1, 0.15) is 5.82 Å². The van der Waals surface area contributed by atoms with Crippen molar-refractivity contribution < 1.29 is 4.39 Å². The summed E-state index contributed by atoms with van der Waals surface area (Å²) >= 11 is 0. The summed E-state index contributed by atoms with van der Waals surface area (Å²) in [6, 6.07) is 6.01. The first kappa shape index (κ1) is 13.3. The van der Waals surface area contributed by atoms with Crippen LogP contribution in [0, 0.1) is 5.82 Å². The van der Waals surface area contributed by atoms with Crippen LogP contribution in [0.5, 0.6) is 0 Å². The van der Waals surface area contributed by atoms with E-state index in [-0.39, 0.29) is 5.82 Å². The molecular weight excluding hydrogens is 227 g/mol. The zero-order valence-electron chi connectivity index (χ0n) is 11.4. The number of nitrogens with zero attached hydrogens (tertiary/aromatic N) is 1. The molecule has 2 nitrogen and oxygen atoms in total. The molecule has 1 heterocycles. The normalized spacial score (nSPS) is 19.5. The Morgan fingerprint density at radius 1 is 1.33 bits per heavy atom. The van der Waals surface area contributed by atoms with Gasteiger partial charge in [-0.05, 0) is 49.6 Å². The Balaban J connectivity index is 2.18. The Morgan fingerprint density at radius 2 is 2.17 bits per heavy atom. The van der Waals surface area contributed by atoms with Gasteiger partial charge in [-0.3, -0.25) is 0 Å². The topological polar surface area (TPSA) is 15.3 Å². The van der Waals surface area contributed by atoms with E-state index in [1.54, 1.807) is 12.1 Å². The minimum atomic E-state index is -0.123. The minimum absolute atomic E-state index is 0.123. The number of rotatable bonds is 5. The van der Waals surface area contributed by atoms with Crippen molar-refractivity contribution in [3.8, 4) is 0 Å². The first-order valence-electron chi connectivity index (χ1n) is 7.01. The molecule has 1 aromatic carbocycles. The van der Waals surface area contributed by atoms with E-state index in [1.807, 2.05) is 0 Å². The highest BCUT2D eigenvalue weighted by atomic mass is 19.1. The predicted octanol–water partition coefficient (Wildman–Crippen LogP) is 3.31. The summed E-state index contributed by atoms with van der Waals surface area (Å²) < 4.78 is 13.7. The van der Waals surface area contributed by atoms with Crippen molar-refractivity contribution in [2.24, 2.45) is 0 Å². The van der Waals surface area contributed by atoms with Crippen molar-refractivity contribution in [3.63, 3.8) is 0 Å². The van der Waals surface area contributed by atoms with E-state index in [0.717, 1.165) is 37.3 Å². The van der Waals surface area contributed by atoms with Gasteiger partial charge >= 0.3 is 0 Å². The number of nitrogens with one attached hydrogen (secondary N) is 1. The van der Waals surface area contributed by atoms with Crippen LogP contribution in [-0.4, -0.2) is 19.1 Å². The van der Waals surface area contributed by atoms with E-state index in [4.69, 9.17) is 0 Å². The molecule has 2 rings (SSSR count). The second kappa shape index (κ2) is 6.19. The molecule has 3 heteroatoms. The molecule has 0 aromatic heterocycles. The average molecular weight is 250 g/mol. The zero-order chi connectivity index (χ0) is 13.0. The van der Waals surface area contributed by atoms with Crippen molar-refractivity contribution in [1.82, 2.24) is 5.32 Å². The minimum Gasteiger partial charge on any atom is -0.368 e. The molecule has 1 aliphatic rings. The Kier molecular flexibility index (Phi) is 4.59. The van der Waals surface area contributed by atoms with Gasteiger partial charge < -0.3 is 10.2 Å². The highest BCUT2D eigenvalue weighted by Crippen LogP contribution is 2.28. The molecule has 0 spiro atoms. The van der Waals surface area contributed by atoms with E-state index in [2.05, 4.69) is 30.1 Å². The van der Waals surface area contributed by atoms with Crippen LogP contribution < -0.4 is 10.2 Å². The Morgan fingerprint density at radius 3 is 2.89 bits per heavy atom. The van der Waals surface area contributed by atoms with Crippen LogP contribution in [0.15, 0.2) is 18.2 Å². The second-order valence-corrected chi connectivity index (χ2v) is 5.00. The first-order valence-corrected chi connectivity index (χ1v) is 7.01. The van der Waals surface area contributed by atoms with E-state index in [1.165, 1.54) is 12.8 Å². The third kappa shape index (κ3) is 3.02. The summed E-state index contributed by atoms with van der Waals surface area (Å²) in [6.45, 7) is 6.98. The maximum absolute atomic E-state index is 13.7. The fourth-order valence-electron chi connectivity index (χ4n) is 2.77. The molecule has 0 radical (unpaired) electrons. The summed E-state index contributed by atoms with van der Waals surface area (Å²) in [7, 11) is 0. The largest absolute Gasteiger partial charge is 0.368 e. The lowest BCUT2D eigenvalue weighted by molar-refractivity contribution is 0.614. The van der Waals surface area contributed by atoms with Crippen molar-refractivity contribution >= 4 is 5.69 Å². The van der Waals surface area contributed by atoms with Gasteiger partial charge in [0.15, 0.2) is 0 Å². The van der Waals surface area contributed by atoms with Crippen molar-refractivity contribution in [2.75, 3.05) is 18.0 Å². The molecule has 1 unspecified atom stereocenters. The molecule has 1 aliphatic heterocycles. The van der Waals surface area contributed by atoms with Gasteiger partial charge in [-0.2, -0.15) is 0 Å². The van der Waals surface area contributed by atoms with Gasteiger partial charge in [0.05, 0.1) is 0 Å². The Labute approximate surface area is 109 Å². The summed E-state index contributed by atoms with van der Waals surface area (Å²) in [5.41, 5.74) is 2.08. The Hall–Kier alpha value is -1.09. The molecule has 1 atom stereocenters. The van der Waals surface area contributed by atoms with Crippen LogP contribution in [0.4, 0.5) is 10.1 Å². The van der Waals surface area contributed by atoms with E-state index < -0.39 is 0 Å². The van der Waals surface area contributed by atoms with E-state index >= 15 is 0 Å². The predicted molar refractivity (Wildman–Crippen MR) is 74.4 cm³/mol. The molecule has 0 bridgehead atoms. The number of hydrogen-bond acceptors (Lipinski definition) is 2. The molecule has 100 valence electrons. The molecule has 18 heavy (non-hydrogen) atoms. The zero-order valence-corrected chi connectivity index (χ0v) is 11.4. The molecule has 1 N–H and O–H groups in total. The number of hydrogen-bond donors (Lipinski definition) is 1. The second-order valence-electron chi connectivity index (χ2n) is 5.00. The van der Waals surface area contributed by atoms with Crippen LogP contribution in [0.1, 0.15) is 38.7 Å². The van der Waals surface area contributed by atoms with Gasteiger partial charge in [0.2, 0.25) is 0 Å². The molecular formula is C15H23FN2. The third-order valence-corrected chi connectivity index (χ3v) is 3.70. The van der Waals surface area contributed by atoms with Crippen LogP contribution >= 0.6 is 0 Å². The summed E-state index contributed by atoms with van der Waals surface area (Å²) in [5.74, 6) is -0.123. The average Bonchev–Trinajstić information content (AvgIpc) is 2.84. The summed E-state index contributed by atoms with van der Waals surface area (Å²) in [5, 5.41) is 3.25.